The maximum absolute atomic E-state index is 5.10. The van der Waals surface area contributed by atoms with Crippen LogP contribution in [0.5, 0.6) is 0 Å². The van der Waals surface area contributed by atoms with Crippen LogP contribution in [0, 0.1) is 0 Å². The largest absolute Gasteiger partial charge is 0.318 e. The van der Waals surface area contributed by atoms with E-state index in [4.69, 9.17) is 4.98 Å². The van der Waals surface area contributed by atoms with Gasteiger partial charge in [-0.3, -0.25) is 4.90 Å². The van der Waals surface area contributed by atoms with Crippen LogP contribution in [-0.4, -0.2) is 21.0 Å². The Labute approximate surface area is 183 Å². The second-order valence-electron chi connectivity index (χ2n) is 7.59. The summed E-state index contributed by atoms with van der Waals surface area (Å²) in [6.45, 7) is 8.37. The van der Waals surface area contributed by atoms with Crippen molar-refractivity contribution in [1.29, 1.82) is 0 Å². The predicted octanol–water partition coefficient (Wildman–Crippen LogP) is 6.92. The Hall–Kier alpha value is -1.91. The first-order valence-corrected chi connectivity index (χ1v) is 11.6. The van der Waals surface area contributed by atoms with Crippen molar-refractivity contribution < 1.29 is 0 Å². The average molecular weight is 454 g/mol. The maximum Gasteiger partial charge on any atom is 0.141 e. The Morgan fingerprint density at radius 3 is 2.17 bits per heavy atom. The topological polar surface area (TPSA) is 21.1 Å². The highest BCUT2D eigenvalue weighted by Crippen LogP contribution is 2.28. The fourth-order valence-corrected chi connectivity index (χ4v) is 4.12. The van der Waals surface area contributed by atoms with Crippen LogP contribution < -0.4 is 0 Å². The molecule has 0 atom stereocenters. The zero-order valence-corrected chi connectivity index (χ0v) is 19.2. The Morgan fingerprint density at radius 1 is 0.862 bits per heavy atom. The first kappa shape index (κ1) is 21.8. The van der Waals surface area contributed by atoms with E-state index in [9.17, 15) is 0 Å². The summed E-state index contributed by atoms with van der Waals surface area (Å²) >= 11 is 3.89. The van der Waals surface area contributed by atoms with Gasteiger partial charge < -0.3 is 4.57 Å². The van der Waals surface area contributed by atoms with Crippen LogP contribution in [-0.2, 0) is 19.6 Å². The van der Waals surface area contributed by atoms with Gasteiger partial charge in [-0.25, -0.2) is 4.98 Å². The van der Waals surface area contributed by atoms with Crippen LogP contribution >= 0.6 is 15.9 Å². The lowest BCUT2D eigenvalue weighted by Gasteiger charge is -2.21. The van der Waals surface area contributed by atoms with E-state index >= 15 is 0 Å². The van der Waals surface area contributed by atoms with Crippen molar-refractivity contribution in [2.75, 3.05) is 6.54 Å². The number of hydrogen-bond donors (Lipinski definition) is 0. The molecule has 154 valence electrons. The highest BCUT2D eigenvalue weighted by Gasteiger charge is 2.18. The Balaban J connectivity index is 1.87. The minimum atomic E-state index is 0.856. The summed E-state index contributed by atoms with van der Waals surface area (Å²) in [6, 6.07) is 21.3. The summed E-state index contributed by atoms with van der Waals surface area (Å²) in [5.41, 5.74) is 3.67. The molecule has 0 unspecified atom stereocenters. The molecule has 0 fully saturated rings. The molecule has 0 radical (unpaired) electrons. The quantitative estimate of drug-likeness (QED) is 0.314. The van der Waals surface area contributed by atoms with Gasteiger partial charge in [-0.05, 0) is 40.9 Å². The van der Waals surface area contributed by atoms with Gasteiger partial charge in [0.1, 0.15) is 10.4 Å². The third kappa shape index (κ3) is 6.03. The van der Waals surface area contributed by atoms with Crippen molar-refractivity contribution in [1.82, 2.24) is 14.5 Å². The monoisotopic (exact) mass is 453 g/mol. The zero-order valence-electron chi connectivity index (χ0n) is 17.6. The molecule has 0 aliphatic carbocycles. The lowest BCUT2D eigenvalue weighted by Crippen LogP contribution is -2.24. The van der Waals surface area contributed by atoms with Gasteiger partial charge in [0.05, 0.1) is 5.69 Å². The number of hydrogen-bond acceptors (Lipinski definition) is 2. The summed E-state index contributed by atoms with van der Waals surface area (Å²) < 4.78 is 3.47. The highest BCUT2D eigenvalue weighted by molar-refractivity contribution is 9.10. The summed E-state index contributed by atoms with van der Waals surface area (Å²) in [7, 11) is 0. The fourth-order valence-electron chi connectivity index (χ4n) is 3.56. The molecule has 0 spiro atoms. The van der Waals surface area contributed by atoms with Crippen molar-refractivity contribution in [3.05, 3.63) is 76.5 Å². The van der Waals surface area contributed by atoms with E-state index in [1.54, 1.807) is 0 Å². The number of imidazole rings is 1. The molecule has 0 aliphatic rings. The van der Waals surface area contributed by atoms with Gasteiger partial charge in [0.15, 0.2) is 0 Å². The molecule has 0 N–H and O–H groups in total. The molecule has 3 rings (SSSR count). The number of rotatable bonds is 11. The lowest BCUT2D eigenvalue weighted by atomic mass is 10.2. The molecule has 29 heavy (non-hydrogen) atoms. The predicted molar refractivity (Wildman–Crippen MR) is 126 cm³/mol. The molecule has 3 nitrogen and oxygen atoms in total. The van der Waals surface area contributed by atoms with E-state index in [0.29, 0.717) is 0 Å². The third-order valence-corrected chi connectivity index (χ3v) is 6.07. The number of nitrogens with zero attached hydrogens (tertiary/aromatic N) is 3. The molecule has 1 heterocycles. The summed E-state index contributed by atoms with van der Waals surface area (Å²) in [5, 5.41) is 0. The van der Waals surface area contributed by atoms with Crippen LogP contribution in [0.4, 0.5) is 0 Å². The fraction of sp³-hybridized carbons (Fsp3) is 0.400. The second kappa shape index (κ2) is 11.3. The van der Waals surface area contributed by atoms with Crippen molar-refractivity contribution >= 4 is 15.9 Å². The minimum absolute atomic E-state index is 0.856. The van der Waals surface area contributed by atoms with Crippen LogP contribution in [0.3, 0.4) is 0 Å². The van der Waals surface area contributed by atoms with Crippen LogP contribution in [0.2, 0.25) is 0 Å². The highest BCUT2D eigenvalue weighted by atomic mass is 79.9. The van der Waals surface area contributed by atoms with Crippen LogP contribution in [0.25, 0.3) is 11.4 Å². The van der Waals surface area contributed by atoms with E-state index < -0.39 is 0 Å². The number of benzene rings is 2. The molecule has 0 aliphatic heterocycles. The summed E-state index contributed by atoms with van der Waals surface area (Å²) in [4.78, 5) is 7.62. The molecule has 0 saturated heterocycles. The zero-order chi connectivity index (χ0) is 20.5. The Kier molecular flexibility index (Phi) is 8.51. The number of aromatic nitrogens is 2. The van der Waals surface area contributed by atoms with Gasteiger partial charge in [-0.15, -0.1) is 0 Å². The van der Waals surface area contributed by atoms with Crippen LogP contribution in [0.1, 0.15) is 50.8 Å². The molecule has 4 heteroatoms. The van der Waals surface area contributed by atoms with Gasteiger partial charge in [0, 0.05) is 25.2 Å². The standard InChI is InChI=1S/C25H32BrN3/c1-3-5-17-28(19-21-13-9-7-10-14-21)20-23-24(26)29(18-6-4-2)25(27-23)22-15-11-8-12-16-22/h7-16H,3-6,17-20H2,1-2H3. The van der Waals surface area contributed by atoms with Crippen LogP contribution in [0.15, 0.2) is 65.3 Å². The van der Waals surface area contributed by atoms with E-state index in [0.717, 1.165) is 48.7 Å². The first-order chi connectivity index (χ1) is 14.2. The van der Waals surface area contributed by atoms with Crippen molar-refractivity contribution in [2.45, 2.75) is 59.2 Å². The van der Waals surface area contributed by atoms with Gasteiger partial charge in [-0.1, -0.05) is 87.4 Å². The van der Waals surface area contributed by atoms with Gasteiger partial charge >= 0.3 is 0 Å². The van der Waals surface area contributed by atoms with Gasteiger partial charge in [-0.2, -0.15) is 0 Å². The van der Waals surface area contributed by atoms with E-state index in [2.05, 4.69) is 99.9 Å². The molecule has 2 aromatic carbocycles. The Bertz CT molecular complexity index is 859. The van der Waals surface area contributed by atoms with Gasteiger partial charge in [0.2, 0.25) is 0 Å². The van der Waals surface area contributed by atoms with Crippen molar-refractivity contribution in [3.63, 3.8) is 0 Å². The van der Waals surface area contributed by atoms with E-state index in [1.807, 2.05) is 0 Å². The van der Waals surface area contributed by atoms with Gasteiger partial charge in [0.25, 0.3) is 0 Å². The molecule has 0 amide bonds. The molecule has 0 saturated carbocycles. The number of unbranched alkanes of at least 4 members (excludes halogenated alkanes) is 2. The molecule has 3 aromatic rings. The van der Waals surface area contributed by atoms with E-state index in [-0.39, 0.29) is 0 Å². The maximum atomic E-state index is 5.10. The lowest BCUT2D eigenvalue weighted by molar-refractivity contribution is 0.249. The molecular formula is C25H32BrN3. The molecule has 1 aromatic heterocycles. The third-order valence-electron chi connectivity index (χ3n) is 5.19. The van der Waals surface area contributed by atoms with Crippen molar-refractivity contribution in [3.8, 4) is 11.4 Å². The SMILES string of the molecule is CCCCN(Cc1ccccc1)Cc1nc(-c2ccccc2)n(CCCC)c1Br. The first-order valence-electron chi connectivity index (χ1n) is 10.8. The molecular weight excluding hydrogens is 422 g/mol. The summed E-state index contributed by atoms with van der Waals surface area (Å²) in [5.74, 6) is 1.07. The second-order valence-corrected chi connectivity index (χ2v) is 8.35. The minimum Gasteiger partial charge on any atom is -0.318 e. The average Bonchev–Trinajstić information content (AvgIpc) is 3.07. The summed E-state index contributed by atoms with van der Waals surface area (Å²) in [6.07, 6.45) is 4.72. The number of halogens is 1. The van der Waals surface area contributed by atoms with Crippen molar-refractivity contribution in [2.24, 2.45) is 0 Å². The van der Waals surface area contributed by atoms with E-state index in [1.165, 1.54) is 30.4 Å². The normalized spacial score (nSPS) is 11.3. The smallest absolute Gasteiger partial charge is 0.141 e. The molecule has 0 bridgehead atoms. The Morgan fingerprint density at radius 2 is 1.52 bits per heavy atom.